The van der Waals surface area contributed by atoms with E-state index in [1.165, 1.54) is 0 Å². The van der Waals surface area contributed by atoms with E-state index in [4.69, 9.17) is 28.4 Å². The molecular weight excluding hydrogens is 715 g/mol. The van der Waals surface area contributed by atoms with Crippen LogP contribution < -0.4 is 28.4 Å². The van der Waals surface area contributed by atoms with Crippen molar-refractivity contribution in [2.75, 3.05) is 19.8 Å². The third-order valence-corrected chi connectivity index (χ3v) is 8.80. The van der Waals surface area contributed by atoms with Gasteiger partial charge in [0.25, 0.3) is 0 Å². The first-order chi connectivity index (χ1) is 27.6. The molecule has 0 fully saturated rings. The molecule has 1 heterocycles. The summed E-state index contributed by atoms with van der Waals surface area (Å²) in [6, 6.07) is 17.2. The Kier molecular flexibility index (Phi) is 18.5. The number of nitrogens with zero attached hydrogens (tertiary/aromatic N) is 3. The van der Waals surface area contributed by atoms with Gasteiger partial charge in [0.05, 0.1) is 19.8 Å². The highest BCUT2D eigenvalue weighted by Gasteiger charge is 2.19. The van der Waals surface area contributed by atoms with Gasteiger partial charge < -0.3 is 28.4 Å². The summed E-state index contributed by atoms with van der Waals surface area (Å²) >= 11 is 0. The van der Waals surface area contributed by atoms with Crippen LogP contribution in [0.5, 0.6) is 52.5 Å². The van der Waals surface area contributed by atoms with E-state index in [1.807, 2.05) is 75.4 Å². The molecule has 0 bridgehead atoms. The second kappa shape index (κ2) is 23.7. The van der Waals surface area contributed by atoms with Crippen molar-refractivity contribution in [2.24, 2.45) is 0 Å². The summed E-state index contributed by atoms with van der Waals surface area (Å²) in [5, 5.41) is 0. The normalized spacial score (nSPS) is 10.8. The molecule has 306 valence electrons. The fraction of sp³-hybridized carbons (Fsp3) is 0.438. The third-order valence-electron chi connectivity index (χ3n) is 8.80. The lowest BCUT2D eigenvalue weighted by atomic mass is 10.1. The number of aromatic nitrogens is 3. The molecule has 4 aromatic rings. The van der Waals surface area contributed by atoms with Gasteiger partial charge in [0.2, 0.25) is 0 Å². The van der Waals surface area contributed by atoms with Crippen molar-refractivity contribution in [1.29, 1.82) is 0 Å². The van der Waals surface area contributed by atoms with E-state index >= 15 is 0 Å². The first-order valence-corrected chi connectivity index (χ1v) is 20.6. The second-order valence-electron chi connectivity index (χ2n) is 14.9. The average Bonchev–Trinajstić information content (AvgIpc) is 3.16. The molecule has 0 aliphatic heterocycles. The maximum Gasteiger partial charge on any atom is 0.331 e. The van der Waals surface area contributed by atoms with Gasteiger partial charge in [0.1, 0.15) is 34.5 Å². The van der Waals surface area contributed by atoms with Crippen molar-refractivity contribution in [2.45, 2.75) is 119 Å². The molecule has 0 radical (unpaired) electrons. The smallest absolute Gasteiger partial charge is 0.331 e. The maximum atomic E-state index is 6.43. The van der Waals surface area contributed by atoms with Gasteiger partial charge >= 0.3 is 18.0 Å². The van der Waals surface area contributed by atoms with Gasteiger partial charge in [-0.15, -0.1) is 15.0 Å². The Hall–Kier alpha value is -5.31. The molecule has 0 unspecified atom stereocenters. The standard InChI is InChI=1S/C48H63N3O6/c1-10-13-16-25-52-40-19-22-43(37(31-40)28-34(4)5)55-46-49-47(56-44-23-20-41(53-26-17-14-11-2)32-38(44)29-35(6)7)51-48(50-46)57-45-24-21-42(54-27-18-15-12-3)33-39(45)30-36(8)9/h19-24,31-33H,4,6,8,10-18,25-30H2,1-3,5,7,9H3. The lowest BCUT2D eigenvalue weighted by Gasteiger charge is -2.16. The van der Waals surface area contributed by atoms with Gasteiger partial charge in [-0.2, -0.15) is 0 Å². The summed E-state index contributed by atoms with van der Waals surface area (Å²) in [6.45, 7) is 26.9. The van der Waals surface area contributed by atoms with Crippen LogP contribution in [-0.2, 0) is 19.3 Å². The molecule has 0 spiro atoms. The molecule has 0 aliphatic carbocycles. The van der Waals surface area contributed by atoms with E-state index in [1.54, 1.807) is 0 Å². The average molecular weight is 778 g/mol. The highest BCUT2D eigenvalue weighted by atomic mass is 16.5. The molecular formula is C48H63N3O6. The van der Waals surface area contributed by atoms with E-state index in [2.05, 4.69) is 55.5 Å². The van der Waals surface area contributed by atoms with E-state index in [-0.39, 0.29) is 18.0 Å². The maximum absolute atomic E-state index is 6.43. The van der Waals surface area contributed by atoms with E-state index in [0.29, 0.717) is 56.3 Å². The van der Waals surface area contributed by atoms with E-state index < -0.39 is 0 Å². The summed E-state index contributed by atoms with van der Waals surface area (Å²) in [7, 11) is 0. The van der Waals surface area contributed by atoms with Gasteiger partial charge in [-0.3, -0.25) is 0 Å². The summed E-state index contributed by atoms with van der Waals surface area (Å²) < 4.78 is 37.5. The van der Waals surface area contributed by atoms with Crippen molar-refractivity contribution in [3.05, 3.63) is 108 Å². The largest absolute Gasteiger partial charge is 0.494 e. The zero-order valence-electron chi connectivity index (χ0n) is 35.2. The van der Waals surface area contributed by atoms with Crippen LogP contribution in [0.1, 0.15) is 116 Å². The lowest BCUT2D eigenvalue weighted by molar-refractivity contribution is 0.304. The number of benzene rings is 3. The van der Waals surface area contributed by atoms with Crippen LogP contribution in [0.4, 0.5) is 0 Å². The molecule has 9 heteroatoms. The monoisotopic (exact) mass is 777 g/mol. The van der Waals surface area contributed by atoms with Gasteiger partial charge in [0.15, 0.2) is 0 Å². The molecule has 4 rings (SSSR count). The molecule has 57 heavy (non-hydrogen) atoms. The van der Waals surface area contributed by atoms with Crippen molar-refractivity contribution >= 4 is 0 Å². The minimum absolute atomic E-state index is 0.00392. The predicted molar refractivity (Wildman–Crippen MR) is 230 cm³/mol. The molecule has 0 N–H and O–H groups in total. The molecule has 0 saturated carbocycles. The van der Waals surface area contributed by atoms with Gasteiger partial charge in [-0.1, -0.05) is 95.8 Å². The zero-order chi connectivity index (χ0) is 41.0. The first kappa shape index (κ1) is 44.4. The number of unbranched alkanes of at least 4 members (excludes halogenated alkanes) is 6. The summed E-state index contributed by atoms with van der Waals surface area (Å²) in [4.78, 5) is 13.9. The van der Waals surface area contributed by atoms with Gasteiger partial charge in [-0.05, 0) is 114 Å². The molecule has 0 aliphatic rings. The van der Waals surface area contributed by atoms with Gasteiger partial charge in [-0.25, -0.2) is 0 Å². The number of hydrogen-bond acceptors (Lipinski definition) is 9. The van der Waals surface area contributed by atoms with Crippen LogP contribution in [0.2, 0.25) is 0 Å². The van der Waals surface area contributed by atoms with Crippen molar-refractivity contribution in [3.8, 4) is 52.5 Å². The van der Waals surface area contributed by atoms with E-state index in [0.717, 1.165) is 108 Å². The van der Waals surface area contributed by atoms with Crippen LogP contribution in [0, 0.1) is 0 Å². The van der Waals surface area contributed by atoms with Crippen LogP contribution in [0.3, 0.4) is 0 Å². The second-order valence-corrected chi connectivity index (χ2v) is 14.9. The first-order valence-electron chi connectivity index (χ1n) is 20.6. The molecule has 0 saturated heterocycles. The number of rotatable bonds is 27. The number of allylic oxidation sites excluding steroid dienone is 3. The number of hydrogen-bond donors (Lipinski definition) is 0. The Morgan fingerprint density at radius 2 is 0.719 bits per heavy atom. The zero-order valence-corrected chi connectivity index (χ0v) is 35.2. The van der Waals surface area contributed by atoms with Crippen molar-refractivity contribution < 1.29 is 28.4 Å². The Bertz CT molecular complexity index is 1690. The molecule has 0 atom stereocenters. The van der Waals surface area contributed by atoms with Crippen molar-refractivity contribution in [1.82, 2.24) is 15.0 Å². The Morgan fingerprint density at radius 3 is 0.965 bits per heavy atom. The van der Waals surface area contributed by atoms with E-state index in [9.17, 15) is 0 Å². The third kappa shape index (κ3) is 15.6. The van der Waals surface area contributed by atoms with Crippen LogP contribution in [-0.4, -0.2) is 34.8 Å². The quantitative estimate of drug-likeness (QED) is 0.0433. The number of ether oxygens (including phenoxy) is 6. The van der Waals surface area contributed by atoms with Gasteiger partial charge in [0, 0.05) is 16.7 Å². The fourth-order valence-electron chi connectivity index (χ4n) is 6.00. The Balaban J connectivity index is 1.73. The SMILES string of the molecule is C=C(C)Cc1cc(OCCCCC)ccc1Oc1nc(Oc2ccc(OCCCCC)cc2CC(=C)C)nc(Oc2ccc(OCCCCC)cc2CC(=C)C)n1. The molecule has 3 aromatic carbocycles. The molecule has 1 aromatic heterocycles. The predicted octanol–water partition coefficient (Wildman–Crippen LogP) is 13.3. The molecule has 0 amide bonds. The highest BCUT2D eigenvalue weighted by molar-refractivity contribution is 5.46. The summed E-state index contributed by atoms with van der Waals surface area (Å²) in [5.74, 6) is 3.98. The molecule has 9 nitrogen and oxygen atoms in total. The summed E-state index contributed by atoms with van der Waals surface area (Å²) in [6.07, 6.45) is 11.4. The Labute approximate surface area is 341 Å². The Morgan fingerprint density at radius 1 is 0.439 bits per heavy atom. The van der Waals surface area contributed by atoms with Crippen LogP contribution in [0.25, 0.3) is 0 Å². The minimum atomic E-state index is 0.00392. The van der Waals surface area contributed by atoms with Crippen molar-refractivity contribution in [3.63, 3.8) is 0 Å². The lowest BCUT2D eigenvalue weighted by Crippen LogP contribution is -2.05. The fourth-order valence-corrected chi connectivity index (χ4v) is 6.00. The topological polar surface area (TPSA) is 94.1 Å². The minimum Gasteiger partial charge on any atom is -0.494 e. The summed E-state index contributed by atoms with van der Waals surface area (Å²) in [5.41, 5.74) is 5.57. The van der Waals surface area contributed by atoms with Crippen LogP contribution >= 0.6 is 0 Å². The highest BCUT2D eigenvalue weighted by Crippen LogP contribution is 2.35. The van der Waals surface area contributed by atoms with Crippen LogP contribution in [0.15, 0.2) is 91.1 Å².